The molecule has 0 aromatic carbocycles. The molecule has 1 radical (unpaired) electrons. The number of rotatable bonds is 0. The molecule has 10 heavy (non-hydrogen) atoms. The molecule has 3 heteroatoms. The second kappa shape index (κ2) is 2.16. The van der Waals surface area contributed by atoms with E-state index in [1.165, 1.54) is 0 Å². The average Bonchev–Trinajstić information content (AvgIpc) is 2.33. The fourth-order valence-corrected chi connectivity index (χ4v) is 1.53. The van der Waals surface area contributed by atoms with Crippen LogP contribution in [-0.2, 0) is 0 Å². The van der Waals surface area contributed by atoms with Crippen molar-refractivity contribution in [2.75, 3.05) is 6.61 Å². The lowest BCUT2D eigenvalue weighted by Gasteiger charge is -2.20. The van der Waals surface area contributed by atoms with Gasteiger partial charge in [-0.25, -0.2) is 0 Å². The van der Waals surface area contributed by atoms with Crippen LogP contribution in [0.5, 0.6) is 11.5 Å². The number of fused-ring (bicyclic) bond motifs is 1. The van der Waals surface area contributed by atoms with E-state index in [2.05, 4.69) is 6.92 Å². The molecule has 0 aliphatic carbocycles. The van der Waals surface area contributed by atoms with Crippen LogP contribution >= 0.6 is 11.3 Å². The number of hydrogen-bond acceptors (Lipinski definition) is 3. The average molecular weight is 155 g/mol. The molecule has 2 heterocycles. The molecule has 0 N–H and O–H groups in total. The standard InChI is InChI=1S/C7H7O2S/c1-5-2-8-6-3-10-4-7(6)9-5/h3-5H,1-2H2. The van der Waals surface area contributed by atoms with E-state index in [4.69, 9.17) is 9.47 Å². The van der Waals surface area contributed by atoms with Gasteiger partial charge in [-0.15, -0.1) is 11.3 Å². The van der Waals surface area contributed by atoms with E-state index in [-0.39, 0.29) is 6.10 Å². The van der Waals surface area contributed by atoms with Crippen molar-refractivity contribution in [2.24, 2.45) is 0 Å². The predicted octanol–water partition coefficient (Wildman–Crippen LogP) is 1.72. The van der Waals surface area contributed by atoms with Gasteiger partial charge in [0.1, 0.15) is 12.7 Å². The number of hydrogen-bond donors (Lipinski definition) is 0. The van der Waals surface area contributed by atoms with Crippen molar-refractivity contribution in [1.82, 2.24) is 0 Å². The molecule has 2 rings (SSSR count). The number of ether oxygens (including phenoxy) is 2. The van der Waals surface area contributed by atoms with Crippen LogP contribution in [0.2, 0.25) is 0 Å². The van der Waals surface area contributed by atoms with Gasteiger partial charge in [0.15, 0.2) is 11.5 Å². The summed E-state index contributed by atoms with van der Waals surface area (Å²) < 4.78 is 10.6. The Bertz CT molecular complexity index is 231. The minimum absolute atomic E-state index is 0.0536. The molecule has 2 nitrogen and oxygen atoms in total. The molecule has 0 fully saturated rings. The maximum atomic E-state index is 5.35. The van der Waals surface area contributed by atoms with Gasteiger partial charge in [0.2, 0.25) is 0 Å². The van der Waals surface area contributed by atoms with Crippen molar-refractivity contribution < 1.29 is 9.47 Å². The third-order valence-electron chi connectivity index (χ3n) is 1.31. The monoisotopic (exact) mass is 155 g/mol. The van der Waals surface area contributed by atoms with Crippen LogP contribution in [-0.4, -0.2) is 12.7 Å². The lowest BCUT2D eigenvalue weighted by atomic mass is 10.4. The van der Waals surface area contributed by atoms with E-state index in [1.54, 1.807) is 11.3 Å². The third-order valence-corrected chi connectivity index (χ3v) is 2.01. The van der Waals surface area contributed by atoms with Gasteiger partial charge >= 0.3 is 0 Å². The molecule has 0 bridgehead atoms. The summed E-state index contributed by atoms with van der Waals surface area (Å²) in [6, 6.07) is 0. The molecule has 0 amide bonds. The maximum Gasteiger partial charge on any atom is 0.172 e. The van der Waals surface area contributed by atoms with Gasteiger partial charge in [-0.1, -0.05) is 0 Å². The van der Waals surface area contributed by atoms with E-state index in [9.17, 15) is 0 Å². The van der Waals surface area contributed by atoms with Crippen LogP contribution in [0, 0.1) is 6.92 Å². The van der Waals surface area contributed by atoms with Crippen LogP contribution in [0.1, 0.15) is 0 Å². The Morgan fingerprint density at radius 1 is 1.50 bits per heavy atom. The van der Waals surface area contributed by atoms with E-state index in [0.29, 0.717) is 6.61 Å². The number of thiophene rings is 1. The Morgan fingerprint density at radius 2 is 2.30 bits per heavy atom. The first-order valence-electron chi connectivity index (χ1n) is 3.05. The van der Waals surface area contributed by atoms with Gasteiger partial charge < -0.3 is 9.47 Å². The normalized spacial score (nSPS) is 22.7. The highest BCUT2D eigenvalue weighted by atomic mass is 32.1. The van der Waals surface area contributed by atoms with E-state index < -0.39 is 0 Å². The Balaban J connectivity index is 2.30. The van der Waals surface area contributed by atoms with Crippen molar-refractivity contribution in [3.05, 3.63) is 17.7 Å². The quantitative estimate of drug-likeness (QED) is 0.568. The summed E-state index contributed by atoms with van der Waals surface area (Å²) in [5.41, 5.74) is 0. The zero-order chi connectivity index (χ0) is 6.97. The highest BCUT2D eigenvalue weighted by Crippen LogP contribution is 2.34. The molecular weight excluding hydrogens is 148 g/mol. The van der Waals surface area contributed by atoms with Crippen LogP contribution in [0.25, 0.3) is 0 Å². The van der Waals surface area contributed by atoms with Crippen molar-refractivity contribution in [1.29, 1.82) is 0 Å². The molecule has 0 saturated heterocycles. The van der Waals surface area contributed by atoms with Crippen molar-refractivity contribution in [3.8, 4) is 11.5 Å². The SMILES string of the molecule is [CH2]C1COc2cscc2O1. The molecule has 1 atom stereocenters. The first kappa shape index (κ1) is 6.04. The molecule has 1 aliphatic rings. The van der Waals surface area contributed by atoms with E-state index >= 15 is 0 Å². The minimum Gasteiger partial charge on any atom is -0.485 e. The fraction of sp³-hybridized carbons (Fsp3) is 0.286. The lowest BCUT2D eigenvalue weighted by molar-refractivity contribution is 0.123. The summed E-state index contributed by atoms with van der Waals surface area (Å²) in [4.78, 5) is 0. The molecular formula is C7H7O2S. The fourth-order valence-electron chi connectivity index (χ4n) is 0.861. The highest BCUT2D eigenvalue weighted by molar-refractivity contribution is 7.08. The van der Waals surface area contributed by atoms with Gasteiger partial charge in [0.25, 0.3) is 0 Å². The first-order chi connectivity index (χ1) is 4.86. The molecule has 0 saturated carbocycles. The molecule has 0 spiro atoms. The molecule has 1 aliphatic heterocycles. The zero-order valence-corrected chi connectivity index (χ0v) is 6.19. The Kier molecular flexibility index (Phi) is 1.31. The second-order valence-corrected chi connectivity index (χ2v) is 2.89. The van der Waals surface area contributed by atoms with Crippen molar-refractivity contribution >= 4 is 11.3 Å². The Morgan fingerprint density at radius 3 is 3.20 bits per heavy atom. The summed E-state index contributed by atoms with van der Waals surface area (Å²) in [7, 11) is 0. The first-order valence-corrected chi connectivity index (χ1v) is 3.99. The van der Waals surface area contributed by atoms with Gasteiger partial charge in [-0.3, -0.25) is 0 Å². The second-order valence-electron chi connectivity index (χ2n) is 2.15. The van der Waals surface area contributed by atoms with Crippen LogP contribution < -0.4 is 9.47 Å². The largest absolute Gasteiger partial charge is 0.485 e. The van der Waals surface area contributed by atoms with Crippen LogP contribution in [0.4, 0.5) is 0 Å². The lowest BCUT2D eigenvalue weighted by Crippen LogP contribution is -2.25. The smallest absolute Gasteiger partial charge is 0.172 e. The summed E-state index contributed by atoms with van der Waals surface area (Å²) in [5.74, 6) is 1.68. The van der Waals surface area contributed by atoms with Gasteiger partial charge in [0.05, 0.1) is 0 Å². The molecule has 1 aromatic rings. The summed E-state index contributed by atoms with van der Waals surface area (Å²) >= 11 is 1.58. The maximum absolute atomic E-state index is 5.35. The highest BCUT2D eigenvalue weighted by Gasteiger charge is 2.16. The van der Waals surface area contributed by atoms with Crippen LogP contribution in [0.3, 0.4) is 0 Å². The van der Waals surface area contributed by atoms with E-state index in [1.807, 2.05) is 10.8 Å². The van der Waals surface area contributed by atoms with Crippen LogP contribution in [0.15, 0.2) is 10.8 Å². The van der Waals surface area contributed by atoms with Gasteiger partial charge in [-0.05, 0) is 6.92 Å². The molecule has 53 valence electrons. The Labute approximate surface area is 63.4 Å². The summed E-state index contributed by atoms with van der Waals surface area (Å²) in [6.07, 6.45) is -0.0536. The predicted molar refractivity (Wildman–Crippen MR) is 39.6 cm³/mol. The molecule has 1 aromatic heterocycles. The Hall–Kier alpha value is -0.700. The van der Waals surface area contributed by atoms with E-state index in [0.717, 1.165) is 11.5 Å². The van der Waals surface area contributed by atoms with Crippen molar-refractivity contribution in [3.63, 3.8) is 0 Å². The third kappa shape index (κ3) is 0.865. The van der Waals surface area contributed by atoms with Gasteiger partial charge in [0, 0.05) is 10.8 Å². The zero-order valence-electron chi connectivity index (χ0n) is 5.37. The van der Waals surface area contributed by atoms with Crippen molar-refractivity contribution in [2.45, 2.75) is 6.10 Å². The minimum atomic E-state index is -0.0536. The summed E-state index contributed by atoms with van der Waals surface area (Å²) in [5, 5.41) is 3.86. The summed E-state index contributed by atoms with van der Waals surface area (Å²) in [6.45, 7) is 4.29. The van der Waals surface area contributed by atoms with Gasteiger partial charge in [-0.2, -0.15) is 0 Å². The topological polar surface area (TPSA) is 18.5 Å². The molecule has 1 unspecified atom stereocenters.